The molecule has 0 unspecified atom stereocenters. The highest BCUT2D eigenvalue weighted by molar-refractivity contribution is 5.95. The number of carbonyl (C=O) groups excluding carboxylic acids is 7. The van der Waals surface area contributed by atoms with Gasteiger partial charge in [-0.05, 0) is 84.4 Å². The van der Waals surface area contributed by atoms with Gasteiger partial charge < -0.3 is 55.4 Å². The maximum atomic E-state index is 15.5. The van der Waals surface area contributed by atoms with E-state index < -0.39 is 103 Å². The van der Waals surface area contributed by atoms with E-state index in [0.29, 0.717) is 70.2 Å². The van der Waals surface area contributed by atoms with E-state index >= 15 is 4.39 Å². The van der Waals surface area contributed by atoms with Gasteiger partial charge in [0.15, 0.2) is 11.7 Å². The molecule has 2 aliphatic heterocycles. The number of nitrogens with zero attached hydrogens (tertiary/aromatic N) is 3. The number of fused-ring (bicyclic) bond motifs is 8. The number of aliphatic hydroxyl groups is 1. The molecule has 2 aromatic heterocycles. The first-order valence-electron chi connectivity index (χ1n) is 27.0. The number of aromatic nitrogens is 2. The molecule has 81 heavy (non-hydrogen) atoms. The van der Waals surface area contributed by atoms with Crippen LogP contribution in [0.25, 0.3) is 33.4 Å². The summed E-state index contributed by atoms with van der Waals surface area (Å²) in [5.74, 6) is -4.61. The summed E-state index contributed by atoms with van der Waals surface area (Å²) < 4.78 is 34.2. The summed E-state index contributed by atoms with van der Waals surface area (Å²) in [6, 6.07) is 25.2. The molecule has 0 saturated heterocycles. The van der Waals surface area contributed by atoms with E-state index in [-0.39, 0.29) is 49.8 Å². The zero-order chi connectivity index (χ0) is 56.9. The van der Waals surface area contributed by atoms with Crippen LogP contribution in [0.4, 0.5) is 9.18 Å². The molecule has 4 heterocycles. The number of hydrogen-bond acceptors (Lipinski definition) is 13. The SMILES string of the molecule is CC[C@@]1(O)C(=O)OCc2c1cc1n(c2=O)Cc2c-1nc1cc(F)c(C)c3c1c2[C@@H](NC(=O)[C@H](OCNC(=O)CNC(=O)[C@H](Cc1ccccc1)NC(=O)CNC(=O)CN(C)C(=O)OC1c2ccccc2-c2ccccc21)C1CC1)CC3. The fraction of sp³-hybridized carbons (Fsp3) is 0.350. The van der Waals surface area contributed by atoms with Crippen molar-refractivity contribution >= 4 is 52.5 Å². The Labute approximate surface area is 463 Å². The number of esters is 1. The first kappa shape index (κ1) is 54.2. The summed E-state index contributed by atoms with van der Waals surface area (Å²) in [5, 5.41) is 25.6. The van der Waals surface area contributed by atoms with Crippen LogP contribution in [0.15, 0.2) is 95.8 Å². The minimum atomic E-state index is -2.05. The summed E-state index contributed by atoms with van der Waals surface area (Å²) in [6.07, 6.45) is -0.213. The van der Waals surface area contributed by atoms with Gasteiger partial charge in [0.05, 0.1) is 48.1 Å². The van der Waals surface area contributed by atoms with Crippen molar-refractivity contribution in [3.63, 3.8) is 0 Å². The van der Waals surface area contributed by atoms with Crippen molar-refractivity contribution in [1.29, 1.82) is 0 Å². The molecule has 11 rings (SSSR count). The van der Waals surface area contributed by atoms with Crippen LogP contribution in [0.5, 0.6) is 0 Å². The number of rotatable bonds is 18. The highest BCUT2D eigenvalue weighted by Gasteiger charge is 2.46. The van der Waals surface area contributed by atoms with Gasteiger partial charge in [0.2, 0.25) is 29.5 Å². The summed E-state index contributed by atoms with van der Waals surface area (Å²) in [7, 11) is 1.41. The van der Waals surface area contributed by atoms with Gasteiger partial charge in [-0.1, -0.05) is 85.8 Å². The lowest BCUT2D eigenvalue weighted by Crippen LogP contribution is -2.52. The van der Waals surface area contributed by atoms with Crippen molar-refractivity contribution in [1.82, 2.24) is 41.0 Å². The Morgan fingerprint density at radius 2 is 1.54 bits per heavy atom. The van der Waals surface area contributed by atoms with Gasteiger partial charge in [-0.3, -0.25) is 28.8 Å². The zero-order valence-corrected chi connectivity index (χ0v) is 44.7. The highest BCUT2D eigenvalue weighted by Crippen LogP contribution is 2.48. The van der Waals surface area contributed by atoms with E-state index in [0.717, 1.165) is 32.7 Å². The number of likely N-dealkylation sites (N-methyl/N-ethyl adjacent to an activating group) is 1. The van der Waals surface area contributed by atoms with Gasteiger partial charge in [-0.25, -0.2) is 19.0 Å². The lowest BCUT2D eigenvalue weighted by Gasteiger charge is -2.31. The molecule has 6 N–H and O–H groups in total. The van der Waals surface area contributed by atoms with Crippen molar-refractivity contribution in [3.8, 4) is 22.5 Å². The Morgan fingerprint density at radius 1 is 0.852 bits per heavy atom. The Kier molecular flexibility index (Phi) is 14.7. The molecule has 20 nitrogen and oxygen atoms in total. The van der Waals surface area contributed by atoms with Crippen LogP contribution in [0, 0.1) is 18.7 Å². The summed E-state index contributed by atoms with van der Waals surface area (Å²) in [5.41, 5.74) is 5.58. The minimum absolute atomic E-state index is 0.0440. The largest absolute Gasteiger partial charge is 0.458 e. The fourth-order valence-electron chi connectivity index (χ4n) is 11.6. The van der Waals surface area contributed by atoms with Crippen molar-refractivity contribution in [2.75, 3.05) is 33.4 Å². The van der Waals surface area contributed by atoms with Gasteiger partial charge >= 0.3 is 12.1 Å². The normalized spacial score (nSPS) is 17.9. The van der Waals surface area contributed by atoms with Gasteiger partial charge in [0.25, 0.3) is 5.56 Å². The lowest BCUT2D eigenvalue weighted by atomic mass is 9.81. The molecule has 1 fully saturated rings. The van der Waals surface area contributed by atoms with E-state index in [1.807, 2.05) is 48.5 Å². The van der Waals surface area contributed by atoms with Crippen LogP contribution in [0.3, 0.4) is 0 Å². The Morgan fingerprint density at radius 3 is 2.25 bits per heavy atom. The second-order valence-electron chi connectivity index (χ2n) is 21.2. The van der Waals surface area contributed by atoms with Gasteiger partial charge in [0.1, 0.15) is 37.8 Å². The fourth-order valence-corrected chi connectivity index (χ4v) is 11.6. The standard InChI is InChI=1S/C60H59FN8O12/c1-4-60(78)41-23-46-52-39(27-69(46)57(75)40(41)29-79-58(60)76)51-43(21-20-34-31(2)42(61)24-44(66-52)50(34)51)67-56(74)53(33-18-19-33)80-30-64-47(70)25-63-55(73)45(22-32-12-6-5-7-13-32)65-48(71)26-62-49(72)28-68(3)59(77)81-54-37-16-10-8-14-35(37)36-15-9-11-17-38(36)54/h5-17,23-24,33,43,45,53-54,78H,4,18-22,25-30H2,1-3H3,(H,62,72)(H,63,73)(H,64,70)(H,65,71)(H,67,74)/t43-,45-,53+,60-/m0/s1. The van der Waals surface area contributed by atoms with Crippen LogP contribution in [-0.4, -0.2) is 107 Å². The molecule has 4 atom stereocenters. The lowest BCUT2D eigenvalue weighted by molar-refractivity contribution is -0.172. The Balaban J connectivity index is 0.699. The van der Waals surface area contributed by atoms with E-state index in [9.17, 15) is 43.5 Å². The second-order valence-corrected chi connectivity index (χ2v) is 21.2. The summed E-state index contributed by atoms with van der Waals surface area (Å²) in [4.78, 5) is 114. The smallest absolute Gasteiger partial charge is 0.410 e. The van der Waals surface area contributed by atoms with Crippen molar-refractivity contribution in [3.05, 3.63) is 157 Å². The van der Waals surface area contributed by atoms with Crippen LogP contribution in [0.2, 0.25) is 0 Å². The average Bonchev–Trinajstić information content (AvgIpc) is 4.30. The first-order chi connectivity index (χ1) is 39.0. The summed E-state index contributed by atoms with van der Waals surface area (Å²) >= 11 is 0. The number of amides is 6. The number of cyclic esters (lactones) is 1. The van der Waals surface area contributed by atoms with Crippen molar-refractivity contribution in [2.24, 2.45) is 5.92 Å². The minimum Gasteiger partial charge on any atom is -0.458 e. The molecule has 1 saturated carbocycles. The number of carbonyl (C=O) groups is 7. The maximum absolute atomic E-state index is 15.5. The molecule has 3 aliphatic carbocycles. The van der Waals surface area contributed by atoms with E-state index in [2.05, 4.69) is 26.6 Å². The molecule has 0 radical (unpaired) electrons. The third kappa shape index (κ3) is 10.4. The third-order valence-corrected chi connectivity index (χ3v) is 16.0. The number of hydrogen-bond donors (Lipinski definition) is 6. The number of pyridine rings is 2. The predicted molar refractivity (Wildman–Crippen MR) is 290 cm³/mol. The highest BCUT2D eigenvalue weighted by atomic mass is 19.1. The van der Waals surface area contributed by atoms with Crippen molar-refractivity contribution in [2.45, 2.75) is 95.4 Å². The zero-order valence-electron chi connectivity index (χ0n) is 44.7. The van der Waals surface area contributed by atoms with Crippen LogP contribution in [-0.2, 0) is 74.6 Å². The molecule has 0 bridgehead atoms. The van der Waals surface area contributed by atoms with Gasteiger partial charge in [0, 0.05) is 47.2 Å². The monoisotopic (exact) mass is 1100 g/mol. The number of aryl methyl sites for hydroxylation is 1. The molecule has 418 valence electrons. The number of nitrogens with one attached hydrogen (secondary N) is 5. The molecule has 21 heteroatoms. The van der Waals surface area contributed by atoms with Gasteiger partial charge in [-0.15, -0.1) is 0 Å². The Bertz CT molecular complexity index is 3620. The first-order valence-corrected chi connectivity index (χ1v) is 27.0. The number of benzene rings is 4. The third-order valence-electron chi connectivity index (χ3n) is 16.0. The molecule has 5 aliphatic rings. The molecular weight excluding hydrogens is 1040 g/mol. The quantitative estimate of drug-likeness (QED) is 0.0518. The van der Waals surface area contributed by atoms with Crippen LogP contribution < -0.4 is 32.1 Å². The van der Waals surface area contributed by atoms with Crippen LogP contribution in [0.1, 0.15) is 94.8 Å². The molecule has 0 spiro atoms. The summed E-state index contributed by atoms with van der Waals surface area (Å²) in [6.45, 7) is 1.21. The number of halogens is 1. The number of ether oxygens (including phenoxy) is 3. The van der Waals surface area contributed by atoms with Crippen molar-refractivity contribution < 1.29 is 57.3 Å². The molecule has 4 aromatic carbocycles. The molecule has 6 amide bonds. The Hall–Kier alpha value is -8.82. The molecular formula is C60H59FN8O12. The van der Waals surface area contributed by atoms with E-state index in [4.69, 9.17) is 19.2 Å². The van der Waals surface area contributed by atoms with E-state index in [1.54, 1.807) is 50.2 Å². The maximum Gasteiger partial charge on any atom is 0.410 e. The van der Waals surface area contributed by atoms with E-state index in [1.165, 1.54) is 17.7 Å². The predicted octanol–water partition coefficient (Wildman–Crippen LogP) is 4.30. The van der Waals surface area contributed by atoms with Gasteiger partial charge in [-0.2, -0.15) is 0 Å². The topological polar surface area (TPSA) is 266 Å². The van der Waals surface area contributed by atoms with Crippen LogP contribution >= 0.6 is 0 Å². The molecule has 6 aromatic rings. The second kappa shape index (κ2) is 22.0. The average molecular weight is 1100 g/mol.